The van der Waals surface area contributed by atoms with Crippen molar-refractivity contribution in [3.63, 3.8) is 0 Å². The van der Waals surface area contributed by atoms with E-state index in [2.05, 4.69) is 15.6 Å². The largest absolute Gasteiger partial charge is 0.497 e. The van der Waals surface area contributed by atoms with Crippen LogP contribution in [0.1, 0.15) is 23.1 Å². The van der Waals surface area contributed by atoms with Gasteiger partial charge in [0, 0.05) is 44.6 Å². The fourth-order valence-corrected chi connectivity index (χ4v) is 3.51. The molecular formula is C22H28N4O4. The molecule has 0 bridgehead atoms. The zero-order valence-corrected chi connectivity index (χ0v) is 17.6. The first-order chi connectivity index (χ1) is 14.5. The monoisotopic (exact) mass is 412 g/mol. The average molecular weight is 412 g/mol. The molecular weight excluding hydrogens is 384 g/mol. The average Bonchev–Trinajstić information content (AvgIpc) is 2.75. The van der Waals surface area contributed by atoms with E-state index < -0.39 is 6.04 Å². The van der Waals surface area contributed by atoms with E-state index in [9.17, 15) is 9.59 Å². The minimum atomic E-state index is -0.533. The number of rotatable bonds is 8. The Hall–Kier alpha value is -3.13. The third kappa shape index (κ3) is 5.48. The normalized spacial score (nSPS) is 16.6. The lowest BCUT2D eigenvalue weighted by atomic mass is 10.1. The molecule has 1 atom stereocenters. The highest BCUT2D eigenvalue weighted by Crippen LogP contribution is 2.24. The molecule has 2 N–H and O–H groups in total. The van der Waals surface area contributed by atoms with Gasteiger partial charge in [-0.1, -0.05) is 0 Å². The van der Waals surface area contributed by atoms with E-state index in [0.717, 1.165) is 16.7 Å². The number of carbonyl (C=O) groups is 2. The van der Waals surface area contributed by atoms with Gasteiger partial charge in [0.25, 0.3) is 0 Å². The minimum absolute atomic E-state index is 0.0943. The number of ether oxygens (including phenoxy) is 2. The summed E-state index contributed by atoms with van der Waals surface area (Å²) in [5.41, 5.74) is 2.98. The molecule has 1 aliphatic rings. The lowest BCUT2D eigenvalue weighted by molar-refractivity contribution is -0.134. The molecule has 1 unspecified atom stereocenters. The summed E-state index contributed by atoms with van der Waals surface area (Å²) in [5, 5.41) is 5.78. The first kappa shape index (κ1) is 21.6. The molecule has 2 amide bonds. The van der Waals surface area contributed by atoms with Crippen molar-refractivity contribution in [3.05, 3.63) is 53.3 Å². The van der Waals surface area contributed by atoms with Gasteiger partial charge >= 0.3 is 0 Å². The number of benzene rings is 1. The van der Waals surface area contributed by atoms with Gasteiger partial charge in [0.1, 0.15) is 11.5 Å². The summed E-state index contributed by atoms with van der Waals surface area (Å²) in [5.74, 6) is 1.08. The molecule has 1 fully saturated rings. The van der Waals surface area contributed by atoms with Crippen molar-refractivity contribution in [2.24, 2.45) is 0 Å². The number of aryl methyl sites for hydroxylation is 1. The summed E-state index contributed by atoms with van der Waals surface area (Å²) in [6, 6.07) is 6.98. The zero-order valence-electron chi connectivity index (χ0n) is 17.6. The van der Waals surface area contributed by atoms with Crippen LogP contribution < -0.4 is 20.1 Å². The standard InChI is InChI=1S/C22H28N4O4/c1-15-12-23-5-4-17(15)13-25-21(27)11-20-22(28)24-6-7-26(20)14-16-8-18(29-2)10-19(9-16)30-3/h4-5,8-10,12,20H,6-7,11,13-14H2,1-3H3,(H,24,28)(H,25,27). The van der Waals surface area contributed by atoms with Crippen LogP contribution in [0.3, 0.4) is 0 Å². The van der Waals surface area contributed by atoms with Crippen LogP contribution in [-0.2, 0) is 22.7 Å². The maximum absolute atomic E-state index is 12.6. The van der Waals surface area contributed by atoms with Crippen molar-refractivity contribution in [2.75, 3.05) is 27.3 Å². The van der Waals surface area contributed by atoms with Gasteiger partial charge in [0.2, 0.25) is 11.8 Å². The van der Waals surface area contributed by atoms with E-state index in [1.807, 2.05) is 30.0 Å². The Kier molecular flexibility index (Phi) is 7.24. The Morgan fingerprint density at radius 1 is 1.27 bits per heavy atom. The Morgan fingerprint density at radius 2 is 2.00 bits per heavy atom. The third-order valence-electron chi connectivity index (χ3n) is 5.23. The Balaban J connectivity index is 1.66. The van der Waals surface area contributed by atoms with Crippen molar-refractivity contribution in [1.29, 1.82) is 0 Å². The van der Waals surface area contributed by atoms with E-state index in [0.29, 0.717) is 37.7 Å². The maximum atomic E-state index is 12.6. The minimum Gasteiger partial charge on any atom is -0.497 e. The molecule has 1 aromatic carbocycles. The highest BCUT2D eigenvalue weighted by molar-refractivity contribution is 5.88. The van der Waals surface area contributed by atoms with Crippen molar-refractivity contribution >= 4 is 11.8 Å². The van der Waals surface area contributed by atoms with Crippen molar-refractivity contribution in [2.45, 2.75) is 32.5 Å². The number of pyridine rings is 1. The van der Waals surface area contributed by atoms with E-state index in [-0.39, 0.29) is 18.2 Å². The lowest BCUT2D eigenvalue weighted by Crippen LogP contribution is -2.56. The summed E-state index contributed by atoms with van der Waals surface area (Å²) in [4.78, 5) is 31.2. The van der Waals surface area contributed by atoms with Gasteiger partial charge in [-0.05, 0) is 41.8 Å². The molecule has 0 radical (unpaired) electrons. The molecule has 0 aliphatic carbocycles. The molecule has 3 rings (SSSR count). The van der Waals surface area contributed by atoms with Crippen molar-refractivity contribution in [1.82, 2.24) is 20.5 Å². The molecule has 1 saturated heterocycles. The SMILES string of the molecule is COc1cc(CN2CCNC(=O)C2CC(=O)NCc2ccncc2C)cc(OC)c1. The van der Waals surface area contributed by atoms with Gasteiger partial charge in [-0.25, -0.2) is 0 Å². The van der Waals surface area contributed by atoms with E-state index in [1.54, 1.807) is 32.7 Å². The molecule has 1 aromatic heterocycles. The van der Waals surface area contributed by atoms with E-state index in [4.69, 9.17) is 9.47 Å². The van der Waals surface area contributed by atoms with Crippen LogP contribution in [0.4, 0.5) is 0 Å². The Morgan fingerprint density at radius 3 is 2.67 bits per heavy atom. The highest BCUT2D eigenvalue weighted by atomic mass is 16.5. The van der Waals surface area contributed by atoms with Crippen LogP contribution in [0.5, 0.6) is 11.5 Å². The molecule has 8 nitrogen and oxygen atoms in total. The van der Waals surface area contributed by atoms with Crippen molar-refractivity contribution < 1.29 is 19.1 Å². The molecule has 0 saturated carbocycles. The number of carbonyl (C=O) groups excluding carboxylic acids is 2. The Bertz CT molecular complexity index is 880. The molecule has 8 heteroatoms. The van der Waals surface area contributed by atoms with Gasteiger partial charge < -0.3 is 20.1 Å². The van der Waals surface area contributed by atoms with Gasteiger partial charge in [-0.15, -0.1) is 0 Å². The predicted molar refractivity (Wildman–Crippen MR) is 112 cm³/mol. The lowest BCUT2D eigenvalue weighted by Gasteiger charge is -2.34. The summed E-state index contributed by atoms with van der Waals surface area (Å²) in [6.07, 6.45) is 3.56. The number of nitrogens with zero attached hydrogens (tertiary/aromatic N) is 2. The number of methoxy groups -OCH3 is 2. The molecule has 0 spiro atoms. The van der Waals surface area contributed by atoms with Gasteiger partial charge in [-0.3, -0.25) is 19.5 Å². The van der Waals surface area contributed by atoms with Crippen LogP contribution in [0.2, 0.25) is 0 Å². The van der Waals surface area contributed by atoms with E-state index in [1.165, 1.54) is 0 Å². The predicted octanol–water partition coefficient (Wildman–Crippen LogP) is 1.41. The van der Waals surface area contributed by atoms with Gasteiger partial charge in [0.15, 0.2) is 0 Å². The molecule has 2 aromatic rings. The highest BCUT2D eigenvalue weighted by Gasteiger charge is 2.31. The quantitative estimate of drug-likeness (QED) is 0.681. The topological polar surface area (TPSA) is 92.8 Å². The van der Waals surface area contributed by atoms with Gasteiger partial charge in [0.05, 0.1) is 26.7 Å². The molecule has 1 aliphatic heterocycles. The van der Waals surface area contributed by atoms with Crippen molar-refractivity contribution in [3.8, 4) is 11.5 Å². The number of hydrogen-bond acceptors (Lipinski definition) is 6. The first-order valence-electron chi connectivity index (χ1n) is 9.90. The zero-order chi connectivity index (χ0) is 21.5. The fourth-order valence-electron chi connectivity index (χ4n) is 3.51. The summed E-state index contributed by atoms with van der Waals surface area (Å²) in [7, 11) is 3.20. The van der Waals surface area contributed by atoms with Crippen LogP contribution in [-0.4, -0.2) is 55.0 Å². The summed E-state index contributed by atoms with van der Waals surface area (Å²) < 4.78 is 10.7. The number of aromatic nitrogens is 1. The molecule has 2 heterocycles. The second kappa shape index (κ2) is 10.1. The van der Waals surface area contributed by atoms with Gasteiger partial charge in [-0.2, -0.15) is 0 Å². The third-order valence-corrected chi connectivity index (χ3v) is 5.23. The van der Waals surface area contributed by atoms with E-state index >= 15 is 0 Å². The second-order valence-corrected chi connectivity index (χ2v) is 7.28. The summed E-state index contributed by atoms with van der Waals surface area (Å²) in [6.45, 7) is 4.09. The number of nitrogens with one attached hydrogen (secondary N) is 2. The molecule has 160 valence electrons. The van der Waals surface area contributed by atoms with Crippen LogP contribution in [0.15, 0.2) is 36.7 Å². The fraction of sp³-hybridized carbons (Fsp3) is 0.409. The van der Waals surface area contributed by atoms with Crippen LogP contribution >= 0.6 is 0 Å². The smallest absolute Gasteiger partial charge is 0.237 e. The van der Waals surface area contributed by atoms with Crippen LogP contribution in [0, 0.1) is 6.92 Å². The second-order valence-electron chi connectivity index (χ2n) is 7.28. The summed E-state index contributed by atoms with van der Waals surface area (Å²) >= 11 is 0. The first-order valence-corrected chi connectivity index (χ1v) is 9.90. The molecule has 30 heavy (non-hydrogen) atoms. The number of amides is 2. The number of piperazine rings is 1. The number of hydrogen-bond donors (Lipinski definition) is 2. The van der Waals surface area contributed by atoms with Crippen LogP contribution in [0.25, 0.3) is 0 Å². The maximum Gasteiger partial charge on any atom is 0.237 e. The Labute approximate surface area is 176 Å².